The maximum absolute atomic E-state index is 12.8. The van der Waals surface area contributed by atoms with Crippen LogP contribution in [0.25, 0.3) is 0 Å². The molecule has 5 heteroatoms. The van der Waals surface area contributed by atoms with Crippen molar-refractivity contribution in [1.82, 2.24) is 5.06 Å². The fourth-order valence-electron chi connectivity index (χ4n) is 1.84. The van der Waals surface area contributed by atoms with Crippen LogP contribution in [-0.4, -0.2) is 12.1 Å². The van der Waals surface area contributed by atoms with Crippen LogP contribution in [0, 0.1) is 5.82 Å². The topological polar surface area (TPSA) is 12.5 Å². The largest absolute Gasteiger partial charge is 0.406 e. The summed E-state index contributed by atoms with van der Waals surface area (Å²) in [5.74, 6) is 0.393. The van der Waals surface area contributed by atoms with Crippen LogP contribution in [0.5, 0.6) is 5.75 Å². The van der Waals surface area contributed by atoms with Gasteiger partial charge in [0, 0.05) is 11.9 Å². The van der Waals surface area contributed by atoms with E-state index < -0.39 is 0 Å². The van der Waals surface area contributed by atoms with Gasteiger partial charge in [0.1, 0.15) is 11.6 Å². The summed E-state index contributed by atoms with van der Waals surface area (Å²) >= 11 is 1.72. The van der Waals surface area contributed by atoms with Gasteiger partial charge in [-0.3, -0.25) is 0 Å². The van der Waals surface area contributed by atoms with Crippen LogP contribution in [0.3, 0.4) is 0 Å². The van der Waals surface area contributed by atoms with Gasteiger partial charge < -0.3 is 4.84 Å². The molecule has 1 aromatic carbocycles. The number of nitrogens with zero attached hydrogens (tertiary/aromatic N) is 1. The lowest BCUT2D eigenvalue weighted by molar-refractivity contribution is -0.0725. The second kappa shape index (κ2) is 7.48. The number of hydrogen-bond acceptors (Lipinski definition) is 3. The molecule has 0 aliphatic heterocycles. The third kappa shape index (κ3) is 4.20. The maximum Gasteiger partial charge on any atom is 0.147 e. The first-order chi connectivity index (χ1) is 8.70. The van der Waals surface area contributed by atoms with Crippen molar-refractivity contribution in [2.45, 2.75) is 19.4 Å². The normalized spacial score (nSPS) is 12.0. The maximum atomic E-state index is 12.8. The summed E-state index contributed by atoms with van der Waals surface area (Å²) < 4.78 is 12.8. The van der Waals surface area contributed by atoms with Crippen LogP contribution in [-0.2, 0) is 0 Å². The first-order valence-corrected chi connectivity index (χ1v) is 6.78. The first kappa shape index (κ1) is 16.0. The minimum absolute atomic E-state index is 0. The molecule has 2 rings (SSSR count). The summed E-state index contributed by atoms with van der Waals surface area (Å²) in [7, 11) is 1.90. The van der Waals surface area contributed by atoms with E-state index in [1.165, 1.54) is 17.0 Å². The van der Waals surface area contributed by atoms with Crippen molar-refractivity contribution in [2.24, 2.45) is 0 Å². The first-order valence-electron chi connectivity index (χ1n) is 5.90. The van der Waals surface area contributed by atoms with Crippen molar-refractivity contribution < 1.29 is 9.23 Å². The van der Waals surface area contributed by atoms with Crippen LogP contribution < -0.4 is 4.84 Å². The van der Waals surface area contributed by atoms with E-state index in [4.69, 9.17) is 4.84 Å². The minimum atomic E-state index is -0.254. The van der Waals surface area contributed by atoms with E-state index in [0.717, 1.165) is 6.42 Å². The number of rotatable bonds is 5. The highest BCUT2D eigenvalue weighted by Gasteiger charge is 2.17. The monoisotopic (exact) mass is 301 g/mol. The van der Waals surface area contributed by atoms with Crippen LogP contribution >= 0.6 is 23.7 Å². The molecule has 0 aliphatic carbocycles. The van der Waals surface area contributed by atoms with Crippen LogP contribution in [0.1, 0.15) is 24.3 Å². The Morgan fingerprint density at radius 2 is 1.95 bits per heavy atom. The number of hydrogen-bond donors (Lipinski definition) is 0. The molecular weight excluding hydrogens is 285 g/mol. The summed E-state index contributed by atoms with van der Waals surface area (Å²) in [5.41, 5.74) is 0. The second-order valence-corrected chi connectivity index (χ2v) is 5.01. The van der Waals surface area contributed by atoms with E-state index in [2.05, 4.69) is 18.4 Å². The summed E-state index contributed by atoms with van der Waals surface area (Å²) in [4.78, 5) is 6.99. The molecule has 2 aromatic rings. The van der Waals surface area contributed by atoms with Crippen molar-refractivity contribution in [1.29, 1.82) is 0 Å². The molecule has 0 bridgehead atoms. The molecule has 0 fully saturated rings. The van der Waals surface area contributed by atoms with Gasteiger partial charge in [-0.2, -0.15) is 0 Å². The quantitative estimate of drug-likeness (QED) is 0.743. The molecule has 0 saturated carbocycles. The van der Waals surface area contributed by atoms with Crippen molar-refractivity contribution in [3.05, 3.63) is 52.5 Å². The summed E-state index contributed by atoms with van der Waals surface area (Å²) in [6.07, 6.45) is 0.957. The van der Waals surface area contributed by atoms with Gasteiger partial charge in [0.05, 0.1) is 6.04 Å². The molecule has 19 heavy (non-hydrogen) atoms. The van der Waals surface area contributed by atoms with Crippen molar-refractivity contribution in [3.8, 4) is 5.75 Å². The average Bonchev–Trinajstić information content (AvgIpc) is 2.87. The molecule has 0 amide bonds. The summed E-state index contributed by atoms with van der Waals surface area (Å²) in [6, 6.07) is 10.4. The van der Waals surface area contributed by atoms with E-state index in [-0.39, 0.29) is 24.3 Å². The molecule has 104 valence electrons. The highest BCUT2D eigenvalue weighted by Crippen LogP contribution is 2.28. The smallest absolute Gasteiger partial charge is 0.147 e. The van der Waals surface area contributed by atoms with Gasteiger partial charge in [0.2, 0.25) is 0 Å². The second-order valence-electron chi connectivity index (χ2n) is 4.03. The standard InChI is InChI=1S/C14H16FNOS.ClH/c1-3-13(14-5-4-10-18-14)16(2)17-12-8-6-11(15)7-9-12;/h4-10,13H,3H2,1-2H3;1H. The molecule has 0 aliphatic rings. The SMILES string of the molecule is CCC(c1cccs1)N(C)Oc1ccc(F)cc1.Cl. The zero-order chi connectivity index (χ0) is 13.0. The molecule has 1 unspecified atom stereocenters. The van der Waals surface area contributed by atoms with Gasteiger partial charge in [0.25, 0.3) is 0 Å². The Morgan fingerprint density at radius 1 is 1.26 bits per heavy atom. The predicted octanol–water partition coefficient (Wildman–Crippen LogP) is 4.69. The Balaban J connectivity index is 0.00000180. The number of hydroxylamine groups is 2. The van der Waals surface area contributed by atoms with Crippen LogP contribution in [0.15, 0.2) is 41.8 Å². The van der Waals surface area contributed by atoms with Crippen LogP contribution in [0.2, 0.25) is 0 Å². The highest BCUT2D eigenvalue weighted by molar-refractivity contribution is 7.10. The van der Waals surface area contributed by atoms with Crippen molar-refractivity contribution in [2.75, 3.05) is 7.05 Å². The van der Waals surface area contributed by atoms with Gasteiger partial charge in [-0.1, -0.05) is 13.0 Å². The molecule has 2 nitrogen and oxygen atoms in total. The molecule has 1 heterocycles. The fourth-order valence-corrected chi connectivity index (χ4v) is 2.79. The Morgan fingerprint density at radius 3 is 2.47 bits per heavy atom. The lowest BCUT2D eigenvalue weighted by Gasteiger charge is -2.25. The third-order valence-corrected chi connectivity index (χ3v) is 3.73. The molecule has 0 saturated heterocycles. The number of benzene rings is 1. The molecule has 0 radical (unpaired) electrons. The summed E-state index contributed by atoms with van der Waals surface area (Å²) in [6.45, 7) is 2.12. The van der Waals surface area contributed by atoms with Gasteiger partial charge in [-0.05, 0) is 42.1 Å². The molecule has 0 spiro atoms. The van der Waals surface area contributed by atoms with Gasteiger partial charge in [-0.15, -0.1) is 28.8 Å². The Bertz CT molecular complexity index is 475. The zero-order valence-electron chi connectivity index (χ0n) is 10.9. The minimum Gasteiger partial charge on any atom is -0.406 e. The van der Waals surface area contributed by atoms with Gasteiger partial charge >= 0.3 is 0 Å². The molecule has 0 N–H and O–H groups in total. The van der Waals surface area contributed by atoms with E-state index in [1.54, 1.807) is 23.5 Å². The van der Waals surface area contributed by atoms with E-state index in [9.17, 15) is 4.39 Å². The number of halogens is 2. The van der Waals surface area contributed by atoms with Crippen molar-refractivity contribution in [3.63, 3.8) is 0 Å². The van der Waals surface area contributed by atoms with Crippen molar-refractivity contribution >= 4 is 23.7 Å². The summed E-state index contributed by atoms with van der Waals surface area (Å²) in [5, 5.41) is 3.88. The van der Waals surface area contributed by atoms with E-state index >= 15 is 0 Å². The zero-order valence-corrected chi connectivity index (χ0v) is 12.5. The van der Waals surface area contributed by atoms with Gasteiger partial charge in [-0.25, -0.2) is 4.39 Å². The lowest BCUT2D eigenvalue weighted by Crippen LogP contribution is -2.27. The molecule has 1 aromatic heterocycles. The van der Waals surface area contributed by atoms with Gasteiger partial charge in [0.15, 0.2) is 0 Å². The Kier molecular flexibility index (Phi) is 6.28. The lowest BCUT2D eigenvalue weighted by atomic mass is 10.2. The molecule has 1 atom stereocenters. The Labute approximate surface area is 123 Å². The number of thiophene rings is 1. The molecular formula is C14H17ClFNOS. The highest BCUT2D eigenvalue weighted by atomic mass is 35.5. The average molecular weight is 302 g/mol. The fraction of sp³-hybridized carbons (Fsp3) is 0.286. The van der Waals surface area contributed by atoms with E-state index in [0.29, 0.717) is 5.75 Å². The predicted molar refractivity (Wildman–Crippen MR) is 79.4 cm³/mol. The third-order valence-electron chi connectivity index (χ3n) is 2.76. The van der Waals surface area contributed by atoms with Crippen LogP contribution in [0.4, 0.5) is 4.39 Å². The Hall–Kier alpha value is -1.10. The van der Waals surface area contributed by atoms with E-state index in [1.807, 2.05) is 18.2 Å².